The Balaban J connectivity index is 0.877. The van der Waals surface area contributed by atoms with E-state index in [1.165, 1.54) is 24.3 Å². The van der Waals surface area contributed by atoms with E-state index in [1.54, 1.807) is 41.3 Å². The molecular weight excluding hydrogens is 802 g/mol. The van der Waals surface area contributed by atoms with Crippen LogP contribution in [0.4, 0.5) is 9.18 Å². The fraction of sp³-hybridized carbons (Fsp3) is 0.300. The van der Waals surface area contributed by atoms with E-state index in [0.29, 0.717) is 47.7 Å². The maximum atomic E-state index is 14.0. The number of amides is 2. The van der Waals surface area contributed by atoms with Gasteiger partial charge in [-0.1, -0.05) is 72.8 Å². The number of nitrogens with one attached hydrogen (secondary N) is 3. The number of H-pyrrole nitrogens is 1. The molecule has 3 saturated heterocycles. The van der Waals surface area contributed by atoms with Crippen molar-refractivity contribution in [2.24, 2.45) is 5.92 Å². The van der Waals surface area contributed by atoms with Gasteiger partial charge in [0.15, 0.2) is 0 Å². The molecule has 3 atom stereocenters. The number of phenolic OH excluding ortho intramolecular Hbond substituents is 1. The number of aliphatic hydroxyl groups is 1. The van der Waals surface area contributed by atoms with Crippen LogP contribution in [0.25, 0.3) is 10.9 Å². The van der Waals surface area contributed by atoms with E-state index < -0.39 is 18.2 Å². The number of rotatable bonds is 17. The van der Waals surface area contributed by atoms with Crippen LogP contribution in [0, 0.1) is 11.7 Å². The molecule has 326 valence electrons. The molecule has 6 aromatic rings. The van der Waals surface area contributed by atoms with Crippen LogP contribution in [0.5, 0.6) is 11.5 Å². The number of aliphatic hydroxyl groups excluding tert-OH is 1. The summed E-state index contributed by atoms with van der Waals surface area (Å²) in [4.78, 5) is 45.8. The van der Waals surface area contributed by atoms with Crippen molar-refractivity contribution in [2.75, 3.05) is 39.3 Å². The molecule has 9 rings (SSSR count). The molecule has 0 unspecified atom stereocenters. The number of carbonyl (C=O) groups is 2. The lowest BCUT2D eigenvalue weighted by Gasteiger charge is -2.43. The first-order valence-electron chi connectivity index (χ1n) is 21.5. The third-order valence-corrected chi connectivity index (χ3v) is 12.0. The summed E-state index contributed by atoms with van der Waals surface area (Å²) in [7, 11) is 0. The van der Waals surface area contributed by atoms with E-state index in [2.05, 4.69) is 20.5 Å². The zero-order valence-electron chi connectivity index (χ0n) is 34.9. The molecule has 0 saturated carbocycles. The first-order chi connectivity index (χ1) is 30.7. The zero-order valence-corrected chi connectivity index (χ0v) is 34.9. The van der Waals surface area contributed by atoms with Gasteiger partial charge in [0.2, 0.25) is 5.56 Å². The number of halogens is 1. The molecule has 3 aliphatic rings. The molecule has 0 spiro atoms. The number of aromatic nitrogens is 1. The Kier molecular flexibility index (Phi) is 13.8. The van der Waals surface area contributed by atoms with Crippen LogP contribution in [0.2, 0.25) is 0 Å². The van der Waals surface area contributed by atoms with Gasteiger partial charge >= 0.3 is 6.09 Å². The molecular formula is C50H52FN5O7. The highest BCUT2D eigenvalue weighted by molar-refractivity contribution is 5.94. The van der Waals surface area contributed by atoms with Crippen molar-refractivity contribution in [1.29, 1.82) is 0 Å². The van der Waals surface area contributed by atoms with Crippen molar-refractivity contribution in [2.45, 2.75) is 50.7 Å². The Morgan fingerprint density at radius 2 is 1.62 bits per heavy atom. The topological polar surface area (TPSA) is 156 Å². The van der Waals surface area contributed by atoms with Gasteiger partial charge in [-0.05, 0) is 121 Å². The standard InChI is InChI=1S/C50H52FN5O7/c51-39-16-12-33(13-17-39)30-56(25-5-24-52-29-44(58)41-18-20-43(57)48-42(41)19-21-46(59)53-48)49(60)37-14-10-34(11-15-37)32-62-40-9-4-8-38(28-40)47(36-6-2-1-3-7-36)54-50(61)63-45-31-55-26-22-35(45)23-27-55/h1-4,6-21,28,35,44-45,47,52,57-58H,5,22-27,29-32H2,(H,53,59)(H,54,61)/t44-,45-,47-/m0/s1. The van der Waals surface area contributed by atoms with E-state index >= 15 is 0 Å². The van der Waals surface area contributed by atoms with Gasteiger partial charge in [-0.2, -0.15) is 0 Å². The van der Waals surface area contributed by atoms with Crippen molar-refractivity contribution in [3.8, 4) is 11.5 Å². The number of piperidine rings is 3. The number of nitrogens with zero attached hydrogens (tertiary/aromatic N) is 2. The molecule has 13 heteroatoms. The summed E-state index contributed by atoms with van der Waals surface area (Å²) in [5.41, 5.74) is 4.38. The van der Waals surface area contributed by atoms with Crippen molar-refractivity contribution in [1.82, 2.24) is 25.4 Å². The van der Waals surface area contributed by atoms with Crippen molar-refractivity contribution >= 4 is 22.9 Å². The molecule has 5 N–H and O–H groups in total. The number of carbonyl (C=O) groups excluding carboxylic acids is 2. The van der Waals surface area contributed by atoms with Crippen molar-refractivity contribution in [3.63, 3.8) is 0 Å². The van der Waals surface area contributed by atoms with E-state index in [1.807, 2.05) is 66.7 Å². The molecule has 1 aromatic heterocycles. The Morgan fingerprint density at radius 3 is 2.37 bits per heavy atom. The Labute approximate surface area is 365 Å². The highest BCUT2D eigenvalue weighted by atomic mass is 19.1. The summed E-state index contributed by atoms with van der Waals surface area (Å²) in [6.45, 7) is 4.51. The largest absolute Gasteiger partial charge is 0.506 e. The maximum Gasteiger partial charge on any atom is 0.408 e. The molecule has 2 amide bonds. The fourth-order valence-electron chi connectivity index (χ4n) is 8.57. The third kappa shape index (κ3) is 10.9. The number of aromatic amines is 1. The van der Waals surface area contributed by atoms with Gasteiger partial charge in [0.25, 0.3) is 5.91 Å². The average molecular weight is 854 g/mol. The van der Waals surface area contributed by atoms with Gasteiger partial charge in [-0.25, -0.2) is 9.18 Å². The summed E-state index contributed by atoms with van der Waals surface area (Å²) in [5, 5.41) is 28.1. The second kappa shape index (κ2) is 20.1. The number of pyridine rings is 1. The molecule has 63 heavy (non-hydrogen) atoms. The third-order valence-electron chi connectivity index (χ3n) is 12.0. The molecule has 5 aromatic carbocycles. The van der Waals surface area contributed by atoms with Gasteiger partial charge in [0, 0.05) is 43.2 Å². The minimum Gasteiger partial charge on any atom is -0.506 e. The number of alkyl carbamates (subject to hydrolysis) is 1. The minimum absolute atomic E-state index is 0.0797. The van der Waals surface area contributed by atoms with Crippen LogP contribution in [-0.4, -0.2) is 82.4 Å². The quantitative estimate of drug-likeness (QED) is 0.0599. The van der Waals surface area contributed by atoms with Crippen LogP contribution in [-0.2, 0) is 17.9 Å². The lowest BCUT2D eigenvalue weighted by atomic mass is 9.86. The minimum atomic E-state index is -0.916. The van der Waals surface area contributed by atoms with Gasteiger partial charge in [0.1, 0.15) is 30.0 Å². The number of hydrogen-bond acceptors (Lipinski definition) is 9. The molecule has 3 aliphatic heterocycles. The monoisotopic (exact) mass is 853 g/mol. The molecule has 0 radical (unpaired) electrons. The Bertz CT molecular complexity index is 2550. The van der Waals surface area contributed by atoms with E-state index in [0.717, 1.165) is 54.7 Å². The maximum absolute atomic E-state index is 14.0. The van der Waals surface area contributed by atoms with Crippen LogP contribution >= 0.6 is 0 Å². The lowest BCUT2D eigenvalue weighted by molar-refractivity contribution is -0.0336. The summed E-state index contributed by atoms with van der Waals surface area (Å²) < 4.78 is 26.0. The average Bonchev–Trinajstić information content (AvgIpc) is 3.31. The second-order valence-corrected chi connectivity index (χ2v) is 16.3. The lowest BCUT2D eigenvalue weighted by Crippen LogP contribution is -2.52. The predicted molar refractivity (Wildman–Crippen MR) is 238 cm³/mol. The first kappa shape index (κ1) is 43.1. The summed E-state index contributed by atoms with van der Waals surface area (Å²) >= 11 is 0. The molecule has 2 bridgehead atoms. The highest BCUT2D eigenvalue weighted by Gasteiger charge is 2.37. The second-order valence-electron chi connectivity index (χ2n) is 16.3. The van der Waals surface area contributed by atoms with Gasteiger partial charge in [-0.15, -0.1) is 0 Å². The van der Waals surface area contributed by atoms with Crippen LogP contribution in [0.1, 0.15) is 69.6 Å². The number of aromatic hydroxyl groups is 1. The predicted octanol–water partition coefficient (Wildman–Crippen LogP) is 7.22. The number of fused-ring (bicyclic) bond motifs is 4. The van der Waals surface area contributed by atoms with Crippen molar-refractivity contribution < 1.29 is 33.7 Å². The first-order valence-corrected chi connectivity index (χ1v) is 21.5. The number of ether oxygens (including phenoxy) is 2. The molecule has 4 heterocycles. The van der Waals surface area contributed by atoms with E-state index in [9.17, 15) is 29.0 Å². The van der Waals surface area contributed by atoms with Crippen LogP contribution in [0.3, 0.4) is 0 Å². The summed E-state index contributed by atoms with van der Waals surface area (Å²) in [5.74, 6) is 0.405. The van der Waals surface area contributed by atoms with E-state index in [4.69, 9.17) is 9.47 Å². The summed E-state index contributed by atoms with van der Waals surface area (Å²) in [6, 6.07) is 36.3. The number of phenols is 1. The highest BCUT2D eigenvalue weighted by Crippen LogP contribution is 2.32. The Morgan fingerprint density at radius 1 is 0.873 bits per heavy atom. The van der Waals surface area contributed by atoms with E-state index in [-0.39, 0.29) is 54.4 Å². The molecule has 12 nitrogen and oxygen atoms in total. The smallest absolute Gasteiger partial charge is 0.408 e. The normalized spacial score (nSPS) is 17.8. The van der Waals surface area contributed by atoms with Crippen molar-refractivity contribution in [3.05, 3.63) is 177 Å². The number of benzene rings is 5. The zero-order chi connectivity index (χ0) is 43.7. The number of hydrogen-bond donors (Lipinski definition) is 5. The SMILES string of the molecule is O=C(N[C@@H](c1ccccc1)c1cccc(OCc2ccc(C(=O)N(CCCNC[C@H](O)c3ccc(O)c4[nH]c(=O)ccc34)Cc3ccc(F)cc3)cc2)c1)O[C@H]1CN2CCC1CC2. The summed E-state index contributed by atoms with van der Waals surface area (Å²) in [6.07, 6.45) is 1.21. The fourth-order valence-corrected chi connectivity index (χ4v) is 8.57. The van der Waals surface area contributed by atoms with Crippen LogP contribution in [0.15, 0.2) is 132 Å². The Hall–Kier alpha value is -6.54. The van der Waals surface area contributed by atoms with Gasteiger partial charge in [0.05, 0.1) is 17.7 Å². The molecule has 3 fully saturated rings. The molecule has 0 aliphatic carbocycles. The van der Waals surface area contributed by atoms with Gasteiger partial charge in [-0.3, -0.25) is 14.5 Å². The van der Waals surface area contributed by atoms with Gasteiger partial charge < -0.3 is 40.2 Å². The van der Waals surface area contributed by atoms with Crippen LogP contribution < -0.4 is 20.9 Å².